The highest BCUT2D eigenvalue weighted by molar-refractivity contribution is 7.89. The number of piperidine rings is 1. The van der Waals surface area contributed by atoms with E-state index in [0.29, 0.717) is 12.2 Å². The summed E-state index contributed by atoms with van der Waals surface area (Å²) in [5.74, 6) is 0. The van der Waals surface area contributed by atoms with E-state index in [1.807, 2.05) is 0 Å². The Morgan fingerprint density at radius 2 is 2.33 bits per heavy atom. The van der Waals surface area contributed by atoms with E-state index in [4.69, 9.17) is 0 Å². The molecule has 2 heterocycles. The second-order valence-electron chi connectivity index (χ2n) is 4.48. The molecule has 1 aromatic heterocycles. The largest absolute Gasteiger partial charge is 0.313 e. The molecular weight excluding hydrogens is 252 g/mol. The average Bonchev–Trinajstić information content (AvgIpc) is 2.38. The van der Waals surface area contributed by atoms with Crippen LogP contribution in [-0.2, 0) is 10.0 Å². The van der Waals surface area contributed by atoms with Crippen LogP contribution in [0.4, 0.5) is 0 Å². The van der Waals surface area contributed by atoms with Gasteiger partial charge in [-0.15, -0.1) is 0 Å². The molecule has 7 heteroatoms. The number of aryl methyl sites for hydroxylation is 1. The Hall–Kier alpha value is -1.05. The smallest absolute Gasteiger partial charge is 0.276 e. The molecule has 18 heavy (non-hydrogen) atoms. The normalized spacial score (nSPS) is 20.8. The monoisotopic (exact) mass is 270 g/mol. The van der Waals surface area contributed by atoms with E-state index in [2.05, 4.69) is 20.0 Å². The molecule has 1 aromatic rings. The van der Waals surface area contributed by atoms with Gasteiger partial charge >= 0.3 is 0 Å². The predicted octanol–water partition coefficient (Wildman–Crippen LogP) is 0.205. The lowest BCUT2D eigenvalue weighted by Crippen LogP contribution is -2.43. The third-order valence-corrected chi connectivity index (χ3v) is 4.17. The second-order valence-corrected chi connectivity index (χ2v) is 6.14. The fourth-order valence-corrected chi connectivity index (χ4v) is 2.94. The molecular formula is C11H18N4O2S. The average molecular weight is 270 g/mol. The minimum absolute atomic E-state index is 0.154. The van der Waals surface area contributed by atoms with E-state index in [-0.39, 0.29) is 11.2 Å². The molecule has 1 aliphatic rings. The summed E-state index contributed by atoms with van der Waals surface area (Å²) in [6.07, 6.45) is 4.75. The molecule has 0 saturated carbocycles. The molecule has 0 aliphatic carbocycles. The Morgan fingerprint density at radius 1 is 1.50 bits per heavy atom. The molecule has 0 spiro atoms. The van der Waals surface area contributed by atoms with Crippen molar-refractivity contribution in [1.29, 1.82) is 0 Å². The van der Waals surface area contributed by atoms with Crippen LogP contribution < -0.4 is 10.0 Å². The molecule has 0 amide bonds. The van der Waals surface area contributed by atoms with Crippen molar-refractivity contribution in [3.63, 3.8) is 0 Å². The summed E-state index contributed by atoms with van der Waals surface area (Å²) in [5.41, 5.74) is 0.640. The summed E-state index contributed by atoms with van der Waals surface area (Å²) in [6, 6.07) is 1.88. The molecule has 0 unspecified atom stereocenters. The number of hydrogen-bond donors (Lipinski definition) is 2. The van der Waals surface area contributed by atoms with Gasteiger partial charge in [0.1, 0.15) is 0 Å². The molecule has 1 aliphatic heterocycles. The van der Waals surface area contributed by atoms with Gasteiger partial charge in [-0.05, 0) is 32.4 Å². The van der Waals surface area contributed by atoms with Crippen molar-refractivity contribution >= 4 is 10.0 Å². The van der Waals surface area contributed by atoms with Crippen LogP contribution in [-0.4, -0.2) is 37.5 Å². The van der Waals surface area contributed by atoms with Crippen molar-refractivity contribution in [2.45, 2.75) is 37.4 Å². The van der Waals surface area contributed by atoms with Crippen molar-refractivity contribution in [3.05, 3.63) is 18.0 Å². The minimum atomic E-state index is -3.59. The Balaban J connectivity index is 1.98. The van der Waals surface area contributed by atoms with Gasteiger partial charge in [0.25, 0.3) is 15.2 Å². The summed E-state index contributed by atoms with van der Waals surface area (Å²) in [6.45, 7) is 3.08. The first kappa shape index (κ1) is 13.4. The van der Waals surface area contributed by atoms with Gasteiger partial charge in [-0.1, -0.05) is 6.42 Å². The van der Waals surface area contributed by atoms with E-state index in [9.17, 15) is 8.42 Å². The molecule has 0 radical (unpaired) electrons. The summed E-state index contributed by atoms with van der Waals surface area (Å²) >= 11 is 0. The Bertz CT molecular complexity index is 498. The van der Waals surface area contributed by atoms with E-state index in [1.165, 1.54) is 6.20 Å². The fraction of sp³-hybridized carbons (Fsp3) is 0.636. The summed E-state index contributed by atoms with van der Waals surface area (Å²) in [5, 5.41) is 3.13. The van der Waals surface area contributed by atoms with Crippen LogP contribution in [0.1, 0.15) is 25.0 Å². The minimum Gasteiger partial charge on any atom is -0.313 e. The molecule has 2 rings (SSSR count). The van der Waals surface area contributed by atoms with Gasteiger partial charge in [-0.25, -0.2) is 23.1 Å². The Labute approximate surface area is 107 Å². The molecule has 1 saturated heterocycles. The van der Waals surface area contributed by atoms with Crippen LogP contribution in [0.5, 0.6) is 0 Å². The van der Waals surface area contributed by atoms with Crippen LogP contribution >= 0.6 is 0 Å². The second kappa shape index (κ2) is 5.73. The van der Waals surface area contributed by atoms with Gasteiger partial charge in [0.05, 0.1) is 0 Å². The third-order valence-electron chi connectivity index (χ3n) is 2.95. The maximum atomic E-state index is 12.0. The lowest BCUT2D eigenvalue weighted by molar-refractivity contribution is 0.398. The van der Waals surface area contributed by atoms with Gasteiger partial charge in [-0.2, -0.15) is 0 Å². The van der Waals surface area contributed by atoms with Crippen molar-refractivity contribution in [3.8, 4) is 0 Å². The third kappa shape index (κ3) is 3.47. The molecule has 1 atom stereocenters. The maximum Gasteiger partial charge on any atom is 0.276 e. The molecule has 0 bridgehead atoms. The Kier molecular flexibility index (Phi) is 4.26. The quantitative estimate of drug-likeness (QED) is 0.764. The van der Waals surface area contributed by atoms with Gasteiger partial charge in [0, 0.05) is 24.5 Å². The molecule has 1 fully saturated rings. The van der Waals surface area contributed by atoms with E-state index in [0.717, 1.165) is 25.8 Å². The SMILES string of the molecule is Cc1ccnc(S(=O)(=O)NC[C@H]2CCCCN2)n1. The lowest BCUT2D eigenvalue weighted by atomic mass is 10.1. The number of nitrogens with one attached hydrogen (secondary N) is 2. The predicted molar refractivity (Wildman–Crippen MR) is 67.6 cm³/mol. The number of hydrogen-bond acceptors (Lipinski definition) is 5. The summed E-state index contributed by atoms with van der Waals surface area (Å²) in [7, 11) is -3.59. The zero-order chi connectivity index (χ0) is 13.0. The highest BCUT2D eigenvalue weighted by Gasteiger charge is 2.20. The lowest BCUT2D eigenvalue weighted by Gasteiger charge is -2.23. The van der Waals surface area contributed by atoms with Crippen LogP contribution in [0.25, 0.3) is 0 Å². The number of sulfonamides is 1. The maximum absolute atomic E-state index is 12.0. The van der Waals surface area contributed by atoms with Crippen molar-refractivity contribution in [2.24, 2.45) is 0 Å². The van der Waals surface area contributed by atoms with Gasteiger partial charge in [-0.3, -0.25) is 0 Å². The molecule has 6 nitrogen and oxygen atoms in total. The molecule has 2 N–H and O–H groups in total. The van der Waals surface area contributed by atoms with Crippen molar-refractivity contribution in [2.75, 3.05) is 13.1 Å². The van der Waals surface area contributed by atoms with Crippen LogP contribution in [0.15, 0.2) is 17.4 Å². The van der Waals surface area contributed by atoms with Gasteiger partial charge in [0.2, 0.25) is 0 Å². The molecule has 100 valence electrons. The van der Waals surface area contributed by atoms with Crippen molar-refractivity contribution in [1.82, 2.24) is 20.0 Å². The van der Waals surface area contributed by atoms with Gasteiger partial charge < -0.3 is 5.32 Å². The first-order chi connectivity index (χ1) is 8.58. The molecule has 0 aromatic carbocycles. The highest BCUT2D eigenvalue weighted by Crippen LogP contribution is 2.07. The standard InChI is InChI=1S/C11H18N4O2S/c1-9-5-7-13-11(15-9)18(16,17)14-8-10-4-2-3-6-12-10/h5,7,10,12,14H,2-4,6,8H2,1H3/t10-/m1/s1. The van der Waals surface area contributed by atoms with Crippen LogP contribution in [0.3, 0.4) is 0 Å². The number of aromatic nitrogens is 2. The summed E-state index contributed by atoms with van der Waals surface area (Å²) in [4.78, 5) is 7.72. The van der Waals surface area contributed by atoms with E-state index in [1.54, 1.807) is 13.0 Å². The van der Waals surface area contributed by atoms with Crippen LogP contribution in [0, 0.1) is 6.92 Å². The fourth-order valence-electron chi connectivity index (χ4n) is 1.93. The number of rotatable bonds is 4. The van der Waals surface area contributed by atoms with E-state index < -0.39 is 10.0 Å². The zero-order valence-electron chi connectivity index (χ0n) is 10.4. The first-order valence-electron chi connectivity index (χ1n) is 6.10. The summed E-state index contributed by atoms with van der Waals surface area (Å²) < 4.78 is 26.5. The van der Waals surface area contributed by atoms with Gasteiger partial charge in [0.15, 0.2) is 0 Å². The Morgan fingerprint density at radius 3 is 3.00 bits per heavy atom. The first-order valence-corrected chi connectivity index (χ1v) is 7.59. The van der Waals surface area contributed by atoms with Crippen LogP contribution in [0.2, 0.25) is 0 Å². The topological polar surface area (TPSA) is 84.0 Å². The van der Waals surface area contributed by atoms with E-state index >= 15 is 0 Å². The zero-order valence-corrected chi connectivity index (χ0v) is 11.2. The highest BCUT2D eigenvalue weighted by atomic mass is 32.2. The number of nitrogens with zero attached hydrogens (tertiary/aromatic N) is 2. The van der Waals surface area contributed by atoms with Crippen molar-refractivity contribution < 1.29 is 8.42 Å².